The van der Waals surface area contributed by atoms with E-state index in [9.17, 15) is 0 Å². The molecule has 0 aliphatic heterocycles. The van der Waals surface area contributed by atoms with Crippen LogP contribution in [-0.2, 0) is 0 Å². The number of nitrogens with zero attached hydrogens (tertiary/aromatic N) is 1. The lowest BCUT2D eigenvalue weighted by Gasteiger charge is -2.20. The van der Waals surface area contributed by atoms with Gasteiger partial charge in [0, 0.05) is 16.6 Å². The highest BCUT2D eigenvalue weighted by Gasteiger charge is 2.25. The molecule has 0 aliphatic rings. The highest BCUT2D eigenvalue weighted by Crippen LogP contribution is 2.50. The molecule has 0 N–H and O–H groups in total. The van der Waals surface area contributed by atoms with Crippen molar-refractivity contribution in [1.29, 1.82) is 0 Å². The van der Waals surface area contributed by atoms with Crippen LogP contribution in [0.2, 0.25) is 0 Å². The van der Waals surface area contributed by atoms with Gasteiger partial charge in [-0.05, 0) is 124 Å². The molecule has 0 bridgehead atoms. The average molecular weight is 800 g/mol. The van der Waals surface area contributed by atoms with Crippen molar-refractivity contribution in [3.8, 4) is 72.6 Å². The lowest BCUT2D eigenvalue weighted by atomic mass is 9.84. The van der Waals surface area contributed by atoms with E-state index in [-0.39, 0.29) is 0 Å². The molecule has 12 aromatic rings. The van der Waals surface area contributed by atoms with Gasteiger partial charge in [-0.1, -0.05) is 212 Å². The first-order valence-electron chi connectivity index (χ1n) is 21.8. The maximum Gasteiger partial charge on any atom is 0.0619 e. The lowest BCUT2D eigenvalue weighted by molar-refractivity contribution is 1.14. The summed E-state index contributed by atoms with van der Waals surface area (Å²) in [7, 11) is 0. The van der Waals surface area contributed by atoms with Crippen molar-refractivity contribution >= 4 is 43.2 Å². The Balaban J connectivity index is 1.24. The first-order chi connectivity index (χ1) is 31.3. The summed E-state index contributed by atoms with van der Waals surface area (Å²) in [6, 6.07) is 91.2. The Bertz CT molecular complexity index is 3610. The number of aromatic nitrogens is 1. The van der Waals surface area contributed by atoms with Gasteiger partial charge < -0.3 is 4.57 Å². The molecule has 0 amide bonds. The van der Waals surface area contributed by atoms with E-state index < -0.39 is 0 Å². The van der Waals surface area contributed by atoms with Crippen LogP contribution >= 0.6 is 0 Å². The molecular formula is C62H41N. The summed E-state index contributed by atoms with van der Waals surface area (Å²) in [5.74, 6) is 0. The van der Waals surface area contributed by atoms with Crippen LogP contribution in [0, 0.1) is 0 Å². The van der Waals surface area contributed by atoms with Gasteiger partial charge in [-0.15, -0.1) is 0 Å². The number of rotatable bonds is 7. The fourth-order valence-corrected chi connectivity index (χ4v) is 9.85. The van der Waals surface area contributed by atoms with Crippen molar-refractivity contribution in [1.82, 2.24) is 4.57 Å². The minimum absolute atomic E-state index is 1.12. The van der Waals surface area contributed by atoms with Crippen LogP contribution in [0.3, 0.4) is 0 Å². The van der Waals surface area contributed by atoms with Gasteiger partial charge in [0.1, 0.15) is 0 Å². The molecule has 0 saturated carbocycles. The zero-order chi connectivity index (χ0) is 41.7. The van der Waals surface area contributed by atoms with Gasteiger partial charge in [-0.25, -0.2) is 0 Å². The van der Waals surface area contributed by atoms with Gasteiger partial charge in [0.05, 0.1) is 11.2 Å². The van der Waals surface area contributed by atoms with Crippen LogP contribution in [0.4, 0.5) is 0 Å². The zero-order valence-electron chi connectivity index (χ0n) is 34.6. The van der Waals surface area contributed by atoms with E-state index in [1.54, 1.807) is 0 Å². The van der Waals surface area contributed by atoms with Crippen molar-refractivity contribution in [2.45, 2.75) is 0 Å². The summed E-state index contributed by atoms with van der Waals surface area (Å²) in [4.78, 5) is 0. The number of hydrogen-bond acceptors (Lipinski definition) is 0. The summed E-state index contributed by atoms with van der Waals surface area (Å²) in [6.07, 6.45) is 0. The fourth-order valence-electron chi connectivity index (χ4n) is 9.85. The topological polar surface area (TPSA) is 4.93 Å². The largest absolute Gasteiger partial charge is 0.309 e. The standard InChI is InChI=1S/C62H41N/c1-6-18-42(19-7-1)44-32-35-52(36-33-44)63-58-41-56-55(40-57(58)61(47-25-12-4-13-26-47)62(63)48-27-14-5-15-28-48)60(46-23-10-3-11-24-46)54-39-51(50-31-30-43-20-16-17-29-49(43)38-50)34-37-53(54)59(56)45-21-8-2-9-22-45/h1-41H. The summed E-state index contributed by atoms with van der Waals surface area (Å²) >= 11 is 0. The van der Waals surface area contributed by atoms with Crippen molar-refractivity contribution in [3.63, 3.8) is 0 Å². The maximum atomic E-state index is 2.51. The van der Waals surface area contributed by atoms with Crippen LogP contribution in [0.1, 0.15) is 0 Å². The summed E-state index contributed by atoms with van der Waals surface area (Å²) in [5, 5.41) is 8.61. The second kappa shape index (κ2) is 15.3. The molecule has 1 aromatic heterocycles. The molecule has 0 radical (unpaired) electrons. The summed E-state index contributed by atoms with van der Waals surface area (Å²) in [5.41, 5.74) is 16.7. The van der Waals surface area contributed by atoms with E-state index in [1.165, 1.54) is 105 Å². The van der Waals surface area contributed by atoms with E-state index in [4.69, 9.17) is 0 Å². The second-order valence-electron chi connectivity index (χ2n) is 16.4. The van der Waals surface area contributed by atoms with Crippen LogP contribution < -0.4 is 0 Å². The lowest BCUT2D eigenvalue weighted by Crippen LogP contribution is -1.98. The van der Waals surface area contributed by atoms with Crippen LogP contribution in [0.5, 0.6) is 0 Å². The molecule has 0 fully saturated rings. The molecule has 1 nitrogen and oxygen atoms in total. The Kier molecular flexibility index (Phi) is 8.90. The van der Waals surface area contributed by atoms with E-state index in [0.717, 1.165) is 11.2 Å². The Morgan fingerprint density at radius 3 is 1.27 bits per heavy atom. The molecule has 0 atom stereocenters. The fraction of sp³-hybridized carbons (Fsp3) is 0. The van der Waals surface area contributed by atoms with Crippen molar-refractivity contribution in [3.05, 3.63) is 249 Å². The number of fused-ring (bicyclic) bond motifs is 4. The molecular weight excluding hydrogens is 759 g/mol. The predicted molar refractivity (Wildman–Crippen MR) is 268 cm³/mol. The van der Waals surface area contributed by atoms with Gasteiger partial charge in [0.2, 0.25) is 0 Å². The molecule has 0 saturated heterocycles. The number of benzene rings is 11. The first kappa shape index (κ1) is 36.6. The van der Waals surface area contributed by atoms with E-state index >= 15 is 0 Å². The van der Waals surface area contributed by atoms with Gasteiger partial charge in [-0.3, -0.25) is 0 Å². The van der Waals surface area contributed by atoms with Gasteiger partial charge >= 0.3 is 0 Å². The SMILES string of the molecule is c1ccc(-c2ccc(-n3c(-c4ccccc4)c(-c4ccccc4)c4cc5c(-c6ccccc6)c6cc(-c7ccc8ccccc8c7)ccc6c(-c6ccccc6)c5cc43)cc2)cc1. The third-order valence-electron chi connectivity index (χ3n) is 12.8. The van der Waals surface area contributed by atoms with Crippen molar-refractivity contribution in [2.75, 3.05) is 0 Å². The zero-order valence-corrected chi connectivity index (χ0v) is 34.6. The third kappa shape index (κ3) is 6.33. The maximum absolute atomic E-state index is 2.51. The van der Waals surface area contributed by atoms with Crippen molar-refractivity contribution in [2.24, 2.45) is 0 Å². The highest BCUT2D eigenvalue weighted by atomic mass is 15.0. The molecule has 63 heavy (non-hydrogen) atoms. The average Bonchev–Trinajstić information content (AvgIpc) is 3.70. The Hall–Kier alpha value is -8.26. The van der Waals surface area contributed by atoms with Crippen LogP contribution in [0.25, 0.3) is 116 Å². The third-order valence-corrected chi connectivity index (χ3v) is 12.8. The summed E-state index contributed by atoms with van der Waals surface area (Å²) < 4.78 is 2.51. The Morgan fingerprint density at radius 1 is 0.222 bits per heavy atom. The van der Waals surface area contributed by atoms with Gasteiger partial charge in [-0.2, -0.15) is 0 Å². The summed E-state index contributed by atoms with van der Waals surface area (Å²) in [6.45, 7) is 0. The normalized spacial score (nSPS) is 11.5. The van der Waals surface area contributed by atoms with Crippen LogP contribution in [0.15, 0.2) is 249 Å². The second-order valence-corrected chi connectivity index (χ2v) is 16.4. The molecule has 1 heterocycles. The van der Waals surface area contributed by atoms with Crippen molar-refractivity contribution < 1.29 is 0 Å². The molecule has 0 unspecified atom stereocenters. The molecule has 11 aromatic carbocycles. The minimum Gasteiger partial charge on any atom is -0.309 e. The van der Waals surface area contributed by atoms with E-state index in [0.29, 0.717) is 0 Å². The van der Waals surface area contributed by atoms with Gasteiger partial charge in [0.15, 0.2) is 0 Å². The van der Waals surface area contributed by atoms with E-state index in [1.807, 2.05) is 0 Å². The molecule has 1 heteroatoms. The first-order valence-corrected chi connectivity index (χ1v) is 21.8. The van der Waals surface area contributed by atoms with E-state index in [2.05, 4.69) is 253 Å². The molecule has 12 rings (SSSR count). The predicted octanol–water partition coefficient (Wildman–Crippen LogP) is 17.1. The molecule has 294 valence electrons. The van der Waals surface area contributed by atoms with Crippen LogP contribution in [-0.4, -0.2) is 4.57 Å². The smallest absolute Gasteiger partial charge is 0.0619 e. The monoisotopic (exact) mass is 799 g/mol. The Morgan fingerprint density at radius 2 is 0.651 bits per heavy atom. The number of hydrogen-bond donors (Lipinski definition) is 0. The quantitative estimate of drug-likeness (QED) is 0.142. The van der Waals surface area contributed by atoms with Gasteiger partial charge in [0.25, 0.3) is 0 Å². The highest BCUT2D eigenvalue weighted by molar-refractivity contribution is 6.25. The Labute approximate surface area is 367 Å². The molecule has 0 aliphatic carbocycles. The molecule has 0 spiro atoms. The minimum atomic E-state index is 1.12.